The molecule has 0 aromatic heterocycles. The summed E-state index contributed by atoms with van der Waals surface area (Å²) in [6.07, 6.45) is 4.54. The number of amides is 1. The third kappa shape index (κ3) is 2.45. The van der Waals surface area contributed by atoms with Crippen molar-refractivity contribution in [3.8, 4) is 0 Å². The summed E-state index contributed by atoms with van der Waals surface area (Å²) in [6, 6.07) is 0.0383. The van der Waals surface area contributed by atoms with Crippen LogP contribution >= 0.6 is 0 Å². The minimum absolute atomic E-state index is 0.0383. The second-order valence-electron chi connectivity index (χ2n) is 4.03. The average molecular weight is 198 g/mol. The lowest BCUT2D eigenvalue weighted by Crippen LogP contribution is -2.43. The van der Waals surface area contributed by atoms with Crippen LogP contribution in [0.25, 0.3) is 0 Å². The molecule has 2 N–H and O–H groups in total. The Morgan fingerprint density at radius 2 is 2.36 bits per heavy atom. The summed E-state index contributed by atoms with van der Waals surface area (Å²) in [4.78, 5) is 11.6. The first-order valence-corrected chi connectivity index (χ1v) is 5.49. The molecule has 2 rings (SSSR count). The molecule has 2 saturated heterocycles. The van der Waals surface area contributed by atoms with Crippen LogP contribution in [0.2, 0.25) is 0 Å². The van der Waals surface area contributed by atoms with Crippen LogP contribution in [0.4, 0.5) is 0 Å². The fraction of sp³-hybridized carbons (Fsp3) is 0.900. The molecule has 2 heterocycles. The first-order valence-electron chi connectivity index (χ1n) is 5.49. The molecule has 0 aromatic rings. The van der Waals surface area contributed by atoms with Gasteiger partial charge in [0.1, 0.15) is 0 Å². The molecule has 80 valence electrons. The van der Waals surface area contributed by atoms with Gasteiger partial charge in [0.15, 0.2) is 0 Å². The molecular weight excluding hydrogens is 180 g/mol. The molecule has 0 saturated carbocycles. The Morgan fingerprint density at radius 1 is 1.43 bits per heavy atom. The van der Waals surface area contributed by atoms with Gasteiger partial charge < -0.3 is 15.4 Å². The van der Waals surface area contributed by atoms with Crippen molar-refractivity contribution < 1.29 is 9.53 Å². The Labute approximate surface area is 84.4 Å². The summed E-state index contributed by atoms with van der Waals surface area (Å²) >= 11 is 0. The van der Waals surface area contributed by atoms with E-state index in [0.29, 0.717) is 6.54 Å². The van der Waals surface area contributed by atoms with E-state index >= 15 is 0 Å². The predicted octanol–water partition coefficient (Wildman–Crippen LogP) is 0.0336. The molecule has 0 spiro atoms. The summed E-state index contributed by atoms with van der Waals surface area (Å²) in [5, 5.41) is 6.12. The van der Waals surface area contributed by atoms with Gasteiger partial charge in [0.05, 0.1) is 12.1 Å². The number of carbonyl (C=O) groups excluding carboxylic acids is 1. The van der Waals surface area contributed by atoms with E-state index in [1.165, 1.54) is 0 Å². The number of hydrogen-bond donors (Lipinski definition) is 2. The van der Waals surface area contributed by atoms with Gasteiger partial charge in [-0.05, 0) is 32.2 Å². The summed E-state index contributed by atoms with van der Waals surface area (Å²) in [7, 11) is 0. The van der Waals surface area contributed by atoms with Crippen molar-refractivity contribution in [1.29, 1.82) is 0 Å². The zero-order valence-electron chi connectivity index (χ0n) is 8.42. The summed E-state index contributed by atoms with van der Waals surface area (Å²) in [5.74, 6) is 0.137. The highest BCUT2D eigenvalue weighted by molar-refractivity contribution is 5.81. The summed E-state index contributed by atoms with van der Waals surface area (Å²) in [5.41, 5.74) is 0. The van der Waals surface area contributed by atoms with Crippen molar-refractivity contribution >= 4 is 5.91 Å². The van der Waals surface area contributed by atoms with E-state index in [4.69, 9.17) is 4.74 Å². The first kappa shape index (κ1) is 9.93. The summed E-state index contributed by atoms with van der Waals surface area (Å²) in [6.45, 7) is 2.50. The van der Waals surface area contributed by atoms with Crippen LogP contribution in [0.5, 0.6) is 0 Å². The van der Waals surface area contributed by atoms with Crippen molar-refractivity contribution in [3.05, 3.63) is 0 Å². The standard InChI is InChI=1S/C10H18N2O2/c13-10(9-4-1-5-11-9)12-7-8-3-2-6-14-8/h8-9,11H,1-7H2,(H,12,13). The SMILES string of the molecule is O=C(NCC1CCCO1)C1CCCN1. The lowest BCUT2D eigenvalue weighted by molar-refractivity contribution is -0.123. The van der Waals surface area contributed by atoms with E-state index in [1.807, 2.05) is 0 Å². The molecule has 0 aromatic carbocycles. The van der Waals surface area contributed by atoms with Crippen LogP contribution in [-0.4, -0.2) is 37.7 Å². The minimum Gasteiger partial charge on any atom is -0.376 e. The molecule has 2 unspecified atom stereocenters. The van der Waals surface area contributed by atoms with Crippen molar-refractivity contribution in [2.24, 2.45) is 0 Å². The van der Waals surface area contributed by atoms with Crippen LogP contribution < -0.4 is 10.6 Å². The van der Waals surface area contributed by atoms with E-state index in [2.05, 4.69) is 10.6 Å². The fourth-order valence-electron chi connectivity index (χ4n) is 2.05. The Balaban J connectivity index is 1.66. The molecule has 2 atom stereocenters. The number of carbonyl (C=O) groups is 1. The van der Waals surface area contributed by atoms with Gasteiger partial charge in [0.2, 0.25) is 5.91 Å². The van der Waals surface area contributed by atoms with Crippen molar-refractivity contribution in [2.45, 2.75) is 37.8 Å². The lowest BCUT2D eigenvalue weighted by Gasteiger charge is -2.14. The first-order chi connectivity index (χ1) is 6.86. The third-order valence-corrected chi connectivity index (χ3v) is 2.90. The lowest BCUT2D eigenvalue weighted by atomic mass is 10.2. The largest absolute Gasteiger partial charge is 0.376 e. The molecule has 2 aliphatic rings. The molecule has 14 heavy (non-hydrogen) atoms. The number of rotatable bonds is 3. The fourth-order valence-corrected chi connectivity index (χ4v) is 2.05. The maximum absolute atomic E-state index is 11.6. The van der Waals surface area contributed by atoms with E-state index < -0.39 is 0 Å². The Bertz CT molecular complexity index is 196. The highest BCUT2D eigenvalue weighted by Gasteiger charge is 2.23. The van der Waals surface area contributed by atoms with Gasteiger partial charge in [-0.15, -0.1) is 0 Å². The maximum Gasteiger partial charge on any atom is 0.237 e. The molecule has 2 fully saturated rings. The monoisotopic (exact) mass is 198 g/mol. The molecule has 4 nitrogen and oxygen atoms in total. The van der Waals surface area contributed by atoms with E-state index in [-0.39, 0.29) is 18.1 Å². The molecule has 0 bridgehead atoms. The van der Waals surface area contributed by atoms with E-state index in [0.717, 1.165) is 38.8 Å². The number of ether oxygens (including phenoxy) is 1. The Hall–Kier alpha value is -0.610. The number of nitrogens with one attached hydrogen (secondary N) is 2. The highest BCUT2D eigenvalue weighted by atomic mass is 16.5. The van der Waals surface area contributed by atoms with E-state index in [9.17, 15) is 4.79 Å². The van der Waals surface area contributed by atoms with E-state index in [1.54, 1.807) is 0 Å². The van der Waals surface area contributed by atoms with Crippen LogP contribution in [0, 0.1) is 0 Å². The normalized spacial score (nSPS) is 32.0. The third-order valence-electron chi connectivity index (χ3n) is 2.90. The highest BCUT2D eigenvalue weighted by Crippen LogP contribution is 2.11. The van der Waals surface area contributed by atoms with Crippen molar-refractivity contribution in [3.63, 3.8) is 0 Å². The molecule has 2 aliphatic heterocycles. The molecule has 4 heteroatoms. The quantitative estimate of drug-likeness (QED) is 0.673. The van der Waals surface area contributed by atoms with Gasteiger partial charge in [0.25, 0.3) is 0 Å². The second-order valence-corrected chi connectivity index (χ2v) is 4.03. The molecular formula is C10H18N2O2. The Morgan fingerprint density at radius 3 is 3.00 bits per heavy atom. The van der Waals surface area contributed by atoms with Crippen LogP contribution in [0.15, 0.2) is 0 Å². The zero-order valence-corrected chi connectivity index (χ0v) is 8.42. The number of hydrogen-bond acceptors (Lipinski definition) is 3. The molecule has 0 aliphatic carbocycles. The van der Waals surface area contributed by atoms with Crippen LogP contribution in [0.3, 0.4) is 0 Å². The van der Waals surface area contributed by atoms with Gasteiger partial charge >= 0.3 is 0 Å². The molecule has 1 amide bonds. The van der Waals surface area contributed by atoms with Crippen molar-refractivity contribution in [1.82, 2.24) is 10.6 Å². The van der Waals surface area contributed by atoms with Gasteiger partial charge in [0, 0.05) is 13.2 Å². The van der Waals surface area contributed by atoms with Gasteiger partial charge in [-0.3, -0.25) is 4.79 Å². The second kappa shape index (κ2) is 4.75. The topological polar surface area (TPSA) is 50.4 Å². The Kier molecular flexibility index (Phi) is 3.37. The van der Waals surface area contributed by atoms with Crippen molar-refractivity contribution in [2.75, 3.05) is 19.7 Å². The van der Waals surface area contributed by atoms with Gasteiger partial charge in [-0.1, -0.05) is 0 Å². The minimum atomic E-state index is 0.0383. The van der Waals surface area contributed by atoms with Gasteiger partial charge in [-0.2, -0.15) is 0 Å². The maximum atomic E-state index is 11.6. The predicted molar refractivity (Wildman–Crippen MR) is 53.0 cm³/mol. The smallest absolute Gasteiger partial charge is 0.237 e. The average Bonchev–Trinajstić information content (AvgIpc) is 2.87. The van der Waals surface area contributed by atoms with Crippen LogP contribution in [0.1, 0.15) is 25.7 Å². The van der Waals surface area contributed by atoms with Crippen LogP contribution in [-0.2, 0) is 9.53 Å². The van der Waals surface area contributed by atoms with Gasteiger partial charge in [-0.25, -0.2) is 0 Å². The molecule has 0 radical (unpaired) electrons. The summed E-state index contributed by atoms with van der Waals surface area (Å²) < 4.78 is 5.43. The zero-order chi connectivity index (χ0) is 9.80.